The summed E-state index contributed by atoms with van der Waals surface area (Å²) in [5.41, 5.74) is 2.12. The summed E-state index contributed by atoms with van der Waals surface area (Å²) >= 11 is 12.5. The molecule has 1 aliphatic heterocycles. The predicted molar refractivity (Wildman–Crippen MR) is 128 cm³/mol. The first-order valence-electron chi connectivity index (χ1n) is 11.1. The van der Waals surface area contributed by atoms with E-state index in [2.05, 4.69) is 10.3 Å². The molecule has 1 aliphatic carbocycles. The minimum atomic E-state index is -4.76. The minimum absolute atomic E-state index is 0.0180. The SMILES string of the molecule is CN(C(=O)C1CCS(=O)(=O)CC1)[C@@H](c1ccc(NC2Cc3c(Cl)ccc(Cl)c3C2)cn1)C(F)(F)F. The molecule has 0 bridgehead atoms. The van der Waals surface area contributed by atoms with Crippen LogP contribution in [0.5, 0.6) is 0 Å². The number of rotatable bonds is 5. The Hall–Kier alpha value is -2.04. The van der Waals surface area contributed by atoms with Crippen molar-refractivity contribution in [3.05, 3.63) is 57.3 Å². The molecular formula is C23H24Cl2F3N3O3S. The molecule has 0 radical (unpaired) electrons. The molecule has 1 fully saturated rings. The first-order chi connectivity index (χ1) is 16.4. The Balaban J connectivity index is 1.47. The van der Waals surface area contributed by atoms with Gasteiger partial charge in [0.25, 0.3) is 0 Å². The van der Waals surface area contributed by atoms with Crippen LogP contribution in [0.15, 0.2) is 30.5 Å². The van der Waals surface area contributed by atoms with Crippen LogP contribution in [0.2, 0.25) is 10.0 Å². The van der Waals surface area contributed by atoms with Crippen molar-refractivity contribution in [3.63, 3.8) is 0 Å². The van der Waals surface area contributed by atoms with Gasteiger partial charge < -0.3 is 10.2 Å². The van der Waals surface area contributed by atoms with Crippen LogP contribution in [-0.4, -0.2) is 55.0 Å². The van der Waals surface area contributed by atoms with Crippen molar-refractivity contribution in [2.45, 2.75) is 43.9 Å². The zero-order valence-corrected chi connectivity index (χ0v) is 21.1. The van der Waals surface area contributed by atoms with Crippen LogP contribution < -0.4 is 5.32 Å². The number of carbonyl (C=O) groups is 1. The Bertz CT molecular complexity index is 1180. The summed E-state index contributed by atoms with van der Waals surface area (Å²) in [6, 6.07) is 3.94. The smallest absolute Gasteiger partial charge is 0.380 e. The van der Waals surface area contributed by atoms with E-state index >= 15 is 0 Å². The normalized spacial score (nSPS) is 19.3. The molecule has 2 aliphatic rings. The number of aromatic nitrogens is 1. The first kappa shape index (κ1) is 26.0. The maximum atomic E-state index is 14.0. The number of amides is 1. The van der Waals surface area contributed by atoms with Gasteiger partial charge in [-0.25, -0.2) is 8.42 Å². The van der Waals surface area contributed by atoms with Gasteiger partial charge in [0.2, 0.25) is 5.91 Å². The number of sulfone groups is 1. The summed E-state index contributed by atoms with van der Waals surface area (Å²) in [7, 11) is -2.16. The Morgan fingerprint density at radius 1 is 1.09 bits per heavy atom. The molecule has 190 valence electrons. The third-order valence-corrected chi connectivity index (χ3v) is 9.03. The molecule has 1 amide bonds. The monoisotopic (exact) mass is 549 g/mol. The lowest BCUT2D eigenvalue weighted by Gasteiger charge is -2.33. The largest absolute Gasteiger partial charge is 0.414 e. The molecular weight excluding hydrogens is 526 g/mol. The van der Waals surface area contributed by atoms with Crippen LogP contribution in [0.1, 0.15) is 35.7 Å². The zero-order valence-electron chi connectivity index (χ0n) is 18.8. The highest BCUT2D eigenvalue weighted by Gasteiger charge is 2.47. The van der Waals surface area contributed by atoms with Crippen molar-refractivity contribution in [3.8, 4) is 0 Å². The Labute approximate surface area is 211 Å². The van der Waals surface area contributed by atoms with E-state index in [1.165, 1.54) is 18.3 Å². The molecule has 1 atom stereocenters. The molecule has 1 aromatic carbocycles. The molecule has 35 heavy (non-hydrogen) atoms. The number of hydrogen-bond acceptors (Lipinski definition) is 5. The number of fused-ring (bicyclic) bond motifs is 1. The second kappa shape index (κ2) is 9.78. The minimum Gasteiger partial charge on any atom is -0.380 e. The number of halogens is 5. The fourth-order valence-electron chi connectivity index (χ4n) is 4.77. The number of anilines is 1. The highest BCUT2D eigenvalue weighted by atomic mass is 35.5. The molecule has 2 heterocycles. The Morgan fingerprint density at radius 2 is 1.66 bits per heavy atom. The van der Waals surface area contributed by atoms with Gasteiger partial charge in [0.05, 0.1) is 29.1 Å². The van der Waals surface area contributed by atoms with Gasteiger partial charge in [-0.2, -0.15) is 13.2 Å². The molecule has 1 aromatic heterocycles. The van der Waals surface area contributed by atoms with Crippen LogP contribution >= 0.6 is 23.2 Å². The fraction of sp³-hybridized carbons (Fsp3) is 0.478. The zero-order chi connectivity index (χ0) is 25.5. The van der Waals surface area contributed by atoms with E-state index < -0.39 is 33.9 Å². The fourth-order valence-corrected chi connectivity index (χ4v) is 6.77. The van der Waals surface area contributed by atoms with Gasteiger partial charge in [0.15, 0.2) is 6.04 Å². The van der Waals surface area contributed by atoms with E-state index in [1.807, 2.05) is 0 Å². The van der Waals surface area contributed by atoms with Crippen LogP contribution in [-0.2, 0) is 27.5 Å². The average Bonchev–Trinajstić information content (AvgIpc) is 3.21. The summed E-state index contributed by atoms with van der Waals surface area (Å²) in [5.74, 6) is -1.90. The average molecular weight is 550 g/mol. The maximum Gasteiger partial charge on any atom is 0.414 e. The van der Waals surface area contributed by atoms with E-state index in [1.54, 1.807) is 12.1 Å². The standard InChI is InChI=1S/C23H24Cl2F3N3O3S/c1-31(22(32)13-6-8-35(33,34)9-7-13)21(23(26,27)28)20-5-2-14(12-29-20)30-15-10-16-17(11-15)19(25)4-3-18(16)24/h2-5,12-13,15,21,30H,6-11H2,1H3/t21-/m0/s1. The van der Waals surface area contributed by atoms with E-state index in [0.717, 1.165) is 18.2 Å². The number of nitrogens with zero attached hydrogens (tertiary/aromatic N) is 2. The lowest BCUT2D eigenvalue weighted by Crippen LogP contribution is -2.44. The number of pyridine rings is 1. The Kier molecular flexibility index (Phi) is 7.28. The van der Waals surface area contributed by atoms with E-state index in [9.17, 15) is 26.4 Å². The topological polar surface area (TPSA) is 79.4 Å². The number of carbonyl (C=O) groups excluding carboxylic acids is 1. The molecule has 1 saturated heterocycles. The van der Waals surface area contributed by atoms with Gasteiger partial charge >= 0.3 is 6.18 Å². The lowest BCUT2D eigenvalue weighted by molar-refractivity contribution is -0.191. The van der Waals surface area contributed by atoms with E-state index in [0.29, 0.717) is 33.5 Å². The molecule has 6 nitrogen and oxygen atoms in total. The van der Waals surface area contributed by atoms with Crippen molar-refractivity contribution in [2.24, 2.45) is 5.92 Å². The number of alkyl halides is 3. The summed E-state index contributed by atoms with van der Waals surface area (Å²) < 4.78 is 65.2. The van der Waals surface area contributed by atoms with Crippen molar-refractivity contribution >= 4 is 44.6 Å². The Morgan fingerprint density at radius 3 is 2.14 bits per heavy atom. The highest BCUT2D eigenvalue weighted by Crippen LogP contribution is 2.39. The van der Waals surface area contributed by atoms with Crippen molar-refractivity contribution in [1.82, 2.24) is 9.88 Å². The van der Waals surface area contributed by atoms with Crippen LogP contribution in [0.3, 0.4) is 0 Å². The van der Waals surface area contributed by atoms with Gasteiger partial charge in [-0.1, -0.05) is 23.2 Å². The summed E-state index contributed by atoms with van der Waals surface area (Å²) in [6.07, 6.45) is -2.17. The van der Waals surface area contributed by atoms with Crippen LogP contribution in [0.25, 0.3) is 0 Å². The first-order valence-corrected chi connectivity index (χ1v) is 13.7. The summed E-state index contributed by atoms with van der Waals surface area (Å²) in [5, 5.41) is 4.51. The molecule has 0 spiro atoms. The van der Waals surface area contributed by atoms with Gasteiger partial charge in [0, 0.05) is 29.1 Å². The molecule has 1 N–H and O–H groups in total. The predicted octanol–water partition coefficient (Wildman–Crippen LogP) is 4.85. The lowest BCUT2D eigenvalue weighted by atomic mass is 9.99. The van der Waals surface area contributed by atoms with Crippen LogP contribution in [0, 0.1) is 5.92 Å². The summed E-state index contributed by atoms with van der Waals surface area (Å²) in [4.78, 5) is 17.5. The second-order valence-corrected chi connectivity index (χ2v) is 12.1. The van der Waals surface area contributed by atoms with Crippen LogP contribution in [0.4, 0.5) is 18.9 Å². The third kappa shape index (κ3) is 5.70. The van der Waals surface area contributed by atoms with E-state index in [-0.39, 0.29) is 36.1 Å². The molecule has 0 saturated carbocycles. The van der Waals surface area contributed by atoms with Gasteiger partial charge in [-0.15, -0.1) is 0 Å². The molecule has 4 rings (SSSR count). The van der Waals surface area contributed by atoms with Crippen molar-refractivity contribution < 1.29 is 26.4 Å². The molecule has 2 aromatic rings. The second-order valence-electron chi connectivity index (χ2n) is 9.03. The van der Waals surface area contributed by atoms with Gasteiger partial charge in [-0.3, -0.25) is 9.78 Å². The van der Waals surface area contributed by atoms with Crippen molar-refractivity contribution in [2.75, 3.05) is 23.9 Å². The van der Waals surface area contributed by atoms with E-state index in [4.69, 9.17) is 23.2 Å². The van der Waals surface area contributed by atoms with Gasteiger partial charge in [-0.05, 0) is 61.1 Å². The number of hydrogen-bond donors (Lipinski definition) is 1. The quantitative estimate of drug-likeness (QED) is 0.576. The third-order valence-electron chi connectivity index (χ3n) is 6.60. The number of nitrogens with one attached hydrogen (secondary N) is 1. The summed E-state index contributed by atoms with van der Waals surface area (Å²) in [6.45, 7) is 0. The molecule has 0 unspecified atom stereocenters. The van der Waals surface area contributed by atoms with Gasteiger partial charge in [0.1, 0.15) is 9.84 Å². The highest BCUT2D eigenvalue weighted by molar-refractivity contribution is 7.91. The number of benzene rings is 1. The molecule has 12 heteroatoms. The van der Waals surface area contributed by atoms with Crippen molar-refractivity contribution in [1.29, 1.82) is 0 Å². The maximum absolute atomic E-state index is 14.0.